The SMILES string of the molecule is CCNc1ncc(F)c(N2CCC(CC)CC2)n1. The first kappa shape index (κ1) is 13.1. The Morgan fingerprint density at radius 1 is 1.39 bits per heavy atom. The molecule has 1 aliphatic heterocycles. The van der Waals surface area contributed by atoms with Crippen LogP contribution in [0.15, 0.2) is 6.20 Å². The van der Waals surface area contributed by atoms with Gasteiger partial charge in [-0.05, 0) is 25.7 Å². The van der Waals surface area contributed by atoms with Crippen molar-refractivity contribution in [2.24, 2.45) is 5.92 Å². The van der Waals surface area contributed by atoms with E-state index in [2.05, 4.69) is 22.2 Å². The Balaban J connectivity index is 2.10. The van der Waals surface area contributed by atoms with Crippen molar-refractivity contribution in [2.75, 3.05) is 29.9 Å². The second-order valence-electron chi connectivity index (χ2n) is 4.73. The number of halogens is 1. The van der Waals surface area contributed by atoms with E-state index >= 15 is 0 Å². The highest BCUT2D eigenvalue weighted by Gasteiger charge is 2.21. The van der Waals surface area contributed by atoms with Crippen molar-refractivity contribution < 1.29 is 4.39 Å². The van der Waals surface area contributed by atoms with Crippen LogP contribution in [0, 0.1) is 11.7 Å². The highest BCUT2D eigenvalue weighted by molar-refractivity contribution is 5.44. The number of hydrogen-bond acceptors (Lipinski definition) is 4. The predicted octanol–water partition coefficient (Wildman–Crippen LogP) is 2.67. The molecule has 5 heteroatoms. The summed E-state index contributed by atoms with van der Waals surface area (Å²) in [6.45, 7) is 6.70. The van der Waals surface area contributed by atoms with Gasteiger partial charge in [0.1, 0.15) is 0 Å². The van der Waals surface area contributed by atoms with Crippen LogP contribution in [0.3, 0.4) is 0 Å². The maximum atomic E-state index is 13.8. The minimum absolute atomic E-state index is 0.327. The van der Waals surface area contributed by atoms with Crippen LogP contribution < -0.4 is 10.2 Å². The number of anilines is 2. The molecule has 1 aromatic heterocycles. The summed E-state index contributed by atoms with van der Waals surface area (Å²) in [5.74, 6) is 1.40. The molecule has 0 bridgehead atoms. The van der Waals surface area contributed by atoms with E-state index in [-0.39, 0.29) is 5.82 Å². The minimum atomic E-state index is -0.327. The molecule has 0 radical (unpaired) electrons. The van der Waals surface area contributed by atoms with Crippen LogP contribution in [0.1, 0.15) is 33.1 Å². The Labute approximate surface area is 108 Å². The smallest absolute Gasteiger partial charge is 0.224 e. The van der Waals surface area contributed by atoms with E-state index in [1.54, 1.807) is 0 Å². The standard InChI is InChI=1S/C13H21FN4/c1-3-10-5-7-18(8-6-10)12-11(14)9-16-13(17-12)15-4-2/h9-10H,3-8H2,1-2H3,(H,15,16,17). The summed E-state index contributed by atoms with van der Waals surface area (Å²) in [7, 11) is 0. The average Bonchev–Trinajstić information content (AvgIpc) is 2.41. The fraction of sp³-hybridized carbons (Fsp3) is 0.692. The molecule has 0 aliphatic carbocycles. The lowest BCUT2D eigenvalue weighted by Crippen LogP contribution is -2.34. The summed E-state index contributed by atoms with van der Waals surface area (Å²) in [4.78, 5) is 10.2. The number of hydrogen-bond donors (Lipinski definition) is 1. The van der Waals surface area contributed by atoms with Crippen molar-refractivity contribution in [1.82, 2.24) is 9.97 Å². The molecule has 2 heterocycles. The Kier molecular flexibility index (Phi) is 4.33. The third-order valence-corrected chi connectivity index (χ3v) is 3.55. The van der Waals surface area contributed by atoms with Gasteiger partial charge >= 0.3 is 0 Å². The third kappa shape index (κ3) is 2.89. The third-order valence-electron chi connectivity index (χ3n) is 3.55. The molecule has 2 rings (SSSR count). The minimum Gasteiger partial charge on any atom is -0.354 e. The molecular formula is C13H21FN4. The summed E-state index contributed by atoms with van der Waals surface area (Å²) in [5, 5.41) is 3.02. The molecule has 0 saturated carbocycles. The first-order valence-electron chi connectivity index (χ1n) is 6.76. The van der Waals surface area contributed by atoms with Crippen molar-refractivity contribution in [3.63, 3.8) is 0 Å². The molecule has 0 unspecified atom stereocenters. The van der Waals surface area contributed by atoms with Crippen LogP contribution in [0.2, 0.25) is 0 Å². The number of piperidine rings is 1. The van der Waals surface area contributed by atoms with Crippen molar-refractivity contribution in [3.8, 4) is 0 Å². The topological polar surface area (TPSA) is 41.1 Å². The van der Waals surface area contributed by atoms with E-state index in [9.17, 15) is 4.39 Å². The molecule has 0 amide bonds. The molecule has 18 heavy (non-hydrogen) atoms. The van der Waals surface area contributed by atoms with Gasteiger partial charge < -0.3 is 10.2 Å². The molecule has 1 saturated heterocycles. The lowest BCUT2D eigenvalue weighted by molar-refractivity contribution is 0.391. The predicted molar refractivity (Wildman–Crippen MR) is 71.4 cm³/mol. The fourth-order valence-electron chi connectivity index (χ4n) is 2.38. The van der Waals surface area contributed by atoms with Gasteiger partial charge in [-0.3, -0.25) is 0 Å². The van der Waals surface area contributed by atoms with E-state index in [4.69, 9.17) is 0 Å². The van der Waals surface area contributed by atoms with Crippen molar-refractivity contribution in [2.45, 2.75) is 33.1 Å². The average molecular weight is 252 g/mol. The highest BCUT2D eigenvalue weighted by Crippen LogP contribution is 2.25. The zero-order valence-electron chi connectivity index (χ0n) is 11.1. The largest absolute Gasteiger partial charge is 0.354 e. The van der Waals surface area contributed by atoms with Crippen molar-refractivity contribution in [3.05, 3.63) is 12.0 Å². The van der Waals surface area contributed by atoms with Crippen LogP contribution in [-0.4, -0.2) is 29.6 Å². The Hall–Kier alpha value is -1.39. The fourth-order valence-corrected chi connectivity index (χ4v) is 2.38. The van der Waals surface area contributed by atoms with Crippen LogP contribution >= 0.6 is 0 Å². The van der Waals surface area contributed by atoms with Gasteiger partial charge in [0.2, 0.25) is 5.95 Å². The number of nitrogens with zero attached hydrogens (tertiary/aromatic N) is 3. The van der Waals surface area contributed by atoms with Gasteiger partial charge in [0.15, 0.2) is 11.6 Å². The molecule has 1 N–H and O–H groups in total. The lowest BCUT2D eigenvalue weighted by Gasteiger charge is -2.32. The highest BCUT2D eigenvalue weighted by atomic mass is 19.1. The summed E-state index contributed by atoms with van der Waals surface area (Å²) in [5.41, 5.74) is 0. The maximum absolute atomic E-state index is 13.8. The monoisotopic (exact) mass is 252 g/mol. The van der Waals surface area contributed by atoms with Crippen LogP contribution in [0.5, 0.6) is 0 Å². The summed E-state index contributed by atoms with van der Waals surface area (Å²) in [6.07, 6.45) is 4.71. The van der Waals surface area contributed by atoms with E-state index in [1.165, 1.54) is 12.6 Å². The Morgan fingerprint density at radius 3 is 2.72 bits per heavy atom. The van der Waals surface area contributed by atoms with Gasteiger partial charge in [0.05, 0.1) is 6.20 Å². The molecule has 0 atom stereocenters. The molecule has 0 aromatic carbocycles. The quantitative estimate of drug-likeness (QED) is 0.894. The summed E-state index contributed by atoms with van der Waals surface area (Å²) in [6, 6.07) is 0. The molecule has 100 valence electrons. The van der Waals surface area contributed by atoms with Crippen molar-refractivity contribution in [1.29, 1.82) is 0 Å². The molecule has 1 fully saturated rings. The van der Waals surface area contributed by atoms with Crippen LogP contribution in [-0.2, 0) is 0 Å². The van der Waals surface area contributed by atoms with Gasteiger partial charge in [-0.15, -0.1) is 0 Å². The second-order valence-corrected chi connectivity index (χ2v) is 4.73. The van der Waals surface area contributed by atoms with Gasteiger partial charge in [-0.25, -0.2) is 9.37 Å². The molecule has 0 spiro atoms. The van der Waals surface area contributed by atoms with E-state index < -0.39 is 0 Å². The lowest BCUT2D eigenvalue weighted by atomic mass is 9.94. The van der Waals surface area contributed by atoms with Crippen LogP contribution in [0.25, 0.3) is 0 Å². The van der Waals surface area contributed by atoms with E-state index in [0.29, 0.717) is 11.8 Å². The zero-order valence-corrected chi connectivity index (χ0v) is 11.1. The molecule has 1 aromatic rings. The number of nitrogens with one attached hydrogen (secondary N) is 1. The first-order chi connectivity index (χ1) is 8.74. The van der Waals surface area contributed by atoms with Gasteiger partial charge in [0.25, 0.3) is 0 Å². The van der Waals surface area contributed by atoms with E-state index in [1.807, 2.05) is 11.8 Å². The first-order valence-corrected chi connectivity index (χ1v) is 6.76. The summed E-state index contributed by atoms with van der Waals surface area (Å²) < 4.78 is 13.8. The van der Waals surface area contributed by atoms with Crippen molar-refractivity contribution >= 4 is 11.8 Å². The van der Waals surface area contributed by atoms with Crippen LogP contribution in [0.4, 0.5) is 16.2 Å². The Morgan fingerprint density at radius 2 is 2.11 bits per heavy atom. The van der Waals surface area contributed by atoms with Gasteiger partial charge in [0, 0.05) is 19.6 Å². The number of aromatic nitrogens is 2. The maximum Gasteiger partial charge on any atom is 0.224 e. The van der Waals surface area contributed by atoms with Gasteiger partial charge in [-0.1, -0.05) is 13.3 Å². The normalized spacial score (nSPS) is 16.9. The molecule has 4 nitrogen and oxygen atoms in total. The summed E-state index contributed by atoms with van der Waals surface area (Å²) >= 11 is 0. The molecular weight excluding hydrogens is 231 g/mol. The van der Waals surface area contributed by atoms with E-state index in [0.717, 1.165) is 38.4 Å². The van der Waals surface area contributed by atoms with Gasteiger partial charge in [-0.2, -0.15) is 4.98 Å². The second kappa shape index (κ2) is 5.98. The molecule has 1 aliphatic rings. The number of rotatable bonds is 4. The zero-order chi connectivity index (χ0) is 13.0. The Bertz CT molecular complexity index is 389.